The van der Waals surface area contributed by atoms with Crippen LogP contribution in [0.2, 0.25) is 5.02 Å². The van der Waals surface area contributed by atoms with Crippen LogP contribution in [0.1, 0.15) is 18.5 Å². The Kier molecular flexibility index (Phi) is 7.27. The minimum atomic E-state index is -3.83. The van der Waals surface area contributed by atoms with E-state index < -0.39 is 27.8 Å². The largest absolute Gasteiger partial charge is 0.482 e. The van der Waals surface area contributed by atoms with Crippen molar-refractivity contribution in [3.05, 3.63) is 89.2 Å². The van der Waals surface area contributed by atoms with Crippen molar-refractivity contribution in [1.29, 1.82) is 0 Å². The first kappa shape index (κ1) is 22.7. The van der Waals surface area contributed by atoms with E-state index in [0.717, 1.165) is 5.56 Å². The standard InChI is InChI=1S/C22H20ClFN2O4S/c1-15(16-6-3-2-4-7-16)26-31(28,29)19-10-11-21(20(23)13-19)30-14-22(27)25-18-9-5-8-17(24)12-18/h2-13,15,26H,14H2,1H3,(H,25,27). The van der Waals surface area contributed by atoms with Crippen LogP contribution in [0.15, 0.2) is 77.7 Å². The highest BCUT2D eigenvalue weighted by atomic mass is 35.5. The van der Waals surface area contributed by atoms with Crippen LogP contribution < -0.4 is 14.8 Å². The second-order valence-electron chi connectivity index (χ2n) is 6.69. The molecule has 0 heterocycles. The van der Waals surface area contributed by atoms with Crippen molar-refractivity contribution in [1.82, 2.24) is 4.72 Å². The molecular formula is C22H20ClFN2O4S. The first-order valence-electron chi connectivity index (χ1n) is 9.29. The fourth-order valence-electron chi connectivity index (χ4n) is 2.78. The van der Waals surface area contributed by atoms with Crippen LogP contribution in [0.5, 0.6) is 5.75 Å². The number of sulfonamides is 1. The van der Waals surface area contributed by atoms with Crippen molar-refractivity contribution >= 4 is 33.2 Å². The van der Waals surface area contributed by atoms with Gasteiger partial charge in [0.1, 0.15) is 11.6 Å². The molecule has 0 bridgehead atoms. The van der Waals surface area contributed by atoms with Crippen LogP contribution in [0, 0.1) is 5.82 Å². The van der Waals surface area contributed by atoms with Gasteiger partial charge in [0.2, 0.25) is 10.0 Å². The smallest absolute Gasteiger partial charge is 0.262 e. The van der Waals surface area contributed by atoms with Crippen molar-refractivity contribution < 1.29 is 22.3 Å². The number of anilines is 1. The summed E-state index contributed by atoms with van der Waals surface area (Å²) in [6.45, 7) is 1.36. The van der Waals surface area contributed by atoms with E-state index in [1.54, 1.807) is 6.92 Å². The van der Waals surface area contributed by atoms with Gasteiger partial charge < -0.3 is 10.1 Å². The molecule has 2 N–H and O–H groups in total. The van der Waals surface area contributed by atoms with E-state index in [2.05, 4.69) is 10.0 Å². The predicted octanol–water partition coefficient (Wildman–Crippen LogP) is 4.54. The summed E-state index contributed by atoms with van der Waals surface area (Å²) in [6.07, 6.45) is 0. The fraction of sp³-hybridized carbons (Fsp3) is 0.136. The molecule has 0 aliphatic rings. The molecule has 3 rings (SSSR count). The maximum atomic E-state index is 13.2. The third kappa shape index (κ3) is 6.27. The molecule has 6 nitrogen and oxygen atoms in total. The van der Waals surface area contributed by atoms with E-state index in [-0.39, 0.29) is 22.3 Å². The van der Waals surface area contributed by atoms with E-state index >= 15 is 0 Å². The Morgan fingerprint density at radius 2 is 1.81 bits per heavy atom. The molecule has 0 saturated carbocycles. The monoisotopic (exact) mass is 462 g/mol. The number of carbonyl (C=O) groups is 1. The van der Waals surface area contributed by atoms with Gasteiger partial charge in [-0.2, -0.15) is 0 Å². The number of halogens is 2. The summed E-state index contributed by atoms with van der Waals surface area (Å²) in [5, 5.41) is 2.53. The van der Waals surface area contributed by atoms with Gasteiger partial charge in [-0.3, -0.25) is 4.79 Å². The van der Waals surface area contributed by atoms with E-state index in [0.29, 0.717) is 5.69 Å². The molecule has 0 spiro atoms. The summed E-state index contributed by atoms with van der Waals surface area (Å²) in [5.41, 5.74) is 1.11. The Labute approximate surface area is 185 Å². The van der Waals surface area contributed by atoms with Gasteiger partial charge in [-0.25, -0.2) is 17.5 Å². The van der Waals surface area contributed by atoms with Crippen LogP contribution in [0.25, 0.3) is 0 Å². The quantitative estimate of drug-likeness (QED) is 0.515. The Balaban J connectivity index is 1.63. The number of benzene rings is 3. The lowest BCUT2D eigenvalue weighted by atomic mass is 10.1. The molecule has 162 valence electrons. The fourth-order valence-corrected chi connectivity index (χ4v) is 4.34. The van der Waals surface area contributed by atoms with Crippen molar-refractivity contribution in [2.75, 3.05) is 11.9 Å². The molecule has 9 heteroatoms. The molecule has 0 fully saturated rings. The summed E-state index contributed by atoms with van der Waals surface area (Å²) in [4.78, 5) is 12.0. The third-order valence-corrected chi connectivity index (χ3v) is 6.15. The normalized spacial score (nSPS) is 12.2. The first-order chi connectivity index (χ1) is 14.7. The zero-order valence-corrected chi connectivity index (χ0v) is 18.1. The van der Waals surface area contributed by atoms with Gasteiger partial charge >= 0.3 is 0 Å². The maximum absolute atomic E-state index is 13.2. The second kappa shape index (κ2) is 9.91. The molecule has 0 radical (unpaired) electrons. The van der Waals surface area contributed by atoms with E-state index in [1.165, 1.54) is 42.5 Å². The molecule has 3 aromatic carbocycles. The van der Waals surface area contributed by atoms with Gasteiger partial charge in [0, 0.05) is 11.7 Å². The van der Waals surface area contributed by atoms with Crippen molar-refractivity contribution in [3.8, 4) is 5.75 Å². The van der Waals surface area contributed by atoms with Gasteiger partial charge in [0.05, 0.1) is 9.92 Å². The minimum Gasteiger partial charge on any atom is -0.482 e. The Bertz CT molecular complexity index is 1170. The summed E-state index contributed by atoms with van der Waals surface area (Å²) >= 11 is 6.15. The summed E-state index contributed by atoms with van der Waals surface area (Å²) < 4.78 is 46.5. The average Bonchev–Trinajstić information content (AvgIpc) is 2.73. The number of hydrogen-bond donors (Lipinski definition) is 2. The number of rotatable bonds is 8. The lowest BCUT2D eigenvalue weighted by Crippen LogP contribution is -2.27. The highest BCUT2D eigenvalue weighted by Crippen LogP contribution is 2.28. The van der Waals surface area contributed by atoms with Crippen molar-refractivity contribution in [3.63, 3.8) is 0 Å². The molecule has 0 saturated heterocycles. The van der Waals surface area contributed by atoms with Crippen LogP contribution in [0.3, 0.4) is 0 Å². The zero-order valence-electron chi connectivity index (χ0n) is 16.5. The van der Waals surface area contributed by atoms with Crippen molar-refractivity contribution in [2.45, 2.75) is 17.9 Å². The molecule has 1 amide bonds. The topological polar surface area (TPSA) is 84.5 Å². The molecule has 1 unspecified atom stereocenters. The number of nitrogens with one attached hydrogen (secondary N) is 2. The van der Waals surface area contributed by atoms with Gasteiger partial charge in [-0.15, -0.1) is 0 Å². The van der Waals surface area contributed by atoms with E-state index in [1.807, 2.05) is 30.3 Å². The Hall–Kier alpha value is -2.94. The zero-order chi connectivity index (χ0) is 22.4. The molecular weight excluding hydrogens is 443 g/mol. The highest BCUT2D eigenvalue weighted by Gasteiger charge is 2.20. The summed E-state index contributed by atoms with van der Waals surface area (Å²) in [6, 6.07) is 18.1. The molecule has 0 aliphatic carbocycles. The molecule has 0 aromatic heterocycles. The first-order valence-corrected chi connectivity index (χ1v) is 11.2. The number of amides is 1. The number of ether oxygens (including phenoxy) is 1. The van der Waals surface area contributed by atoms with Crippen LogP contribution in [-0.4, -0.2) is 20.9 Å². The lowest BCUT2D eigenvalue weighted by Gasteiger charge is -2.15. The van der Waals surface area contributed by atoms with Crippen LogP contribution >= 0.6 is 11.6 Å². The van der Waals surface area contributed by atoms with Gasteiger partial charge in [0.25, 0.3) is 5.91 Å². The van der Waals surface area contributed by atoms with Gasteiger partial charge in [0.15, 0.2) is 6.61 Å². The lowest BCUT2D eigenvalue weighted by molar-refractivity contribution is -0.118. The molecule has 3 aromatic rings. The maximum Gasteiger partial charge on any atom is 0.262 e. The average molecular weight is 463 g/mol. The highest BCUT2D eigenvalue weighted by molar-refractivity contribution is 7.89. The molecule has 1 atom stereocenters. The summed E-state index contributed by atoms with van der Waals surface area (Å²) in [5.74, 6) is -0.850. The molecule has 0 aliphatic heterocycles. The van der Waals surface area contributed by atoms with E-state index in [4.69, 9.17) is 16.3 Å². The van der Waals surface area contributed by atoms with E-state index in [9.17, 15) is 17.6 Å². The Morgan fingerprint density at radius 3 is 2.48 bits per heavy atom. The third-order valence-electron chi connectivity index (χ3n) is 4.31. The molecule has 31 heavy (non-hydrogen) atoms. The summed E-state index contributed by atoms with van der Waals surface area (Å²) in [7, 11) is -3.83. The number of hydrogen-bond acceptors (Lipinski definition) is 4. The second-order valence-corrected chi connectivity index (χ2v) is 8.81. The number of carbonyl (C=O) groups excluding carboxylic acids is 1. The SMILES string of the molecule is CC(NS(=O)(=O)c1ccc(OCC(=O)Nc2cccc(F)c2)c(Cl)c1)c1ccccc1. The predicted molar refractivity (Wildman–Crippen MR) is 117 cm³/mol. The van der Waals surface area contributed by atoms with Crippen LogP contribution in [-0.2, 0) is 14.8 Å². The minimum absolute atomic E-state index is 0.0307. The Morgan fingerprint density at radius 1 is 1.06 bits per heavy atom. The van der Waals surface area contributed by atoms with Crippen LogP contribution in [0.4, 0.5) is 10.1 Å². The van der Waals surface area contributed by atoms with Gasteiger partial charge in [-0.1, -0.05) is 48.0 Å². The van der Waals surface area contributed by atoms with Crippen molar-refractivity contribution in [2.24, 2.45) is 0 Å². The van der Waals surface area contributed by atoms with Gasteiger partial charge in [-0.05, 0) is 48.9 Å².